The molecule has 2 nitrogen and oxygen atoms in total. The maximum absolute atomic E-state index is 10.8. The first-order valence-corrected chi connectivity index (χ1v) is 13.2. The van der Waals surface area contributed by atoms with Crippen molar-refractivity contribution in [3.63, 3.8) is 0 Å². The van der Waals surface area contributed by atoms with Crippen LogP contribution in [0.1, 0.15) is 99.8 Å². The third-order valence-electron chi connectivity index (χ3n) is 12.1. The molecule has 2 N–H and O–H groups in total. The monoisotopic (exact) mass is 438 g/mol. The zero-order valence-electron chi connectivity index (χ0n) is 21.6. The predicted octanol–water partition coefficient (Wildman–Crippen LogP) is 6.98. The number of hydrogen-bond acceptors (Lipinski definition) is 2. The SMILES string of the molecule is CC1(C)C2=CC=C3C(=CC[C@@]4(C)[C@@H]5C[C@](C)(CO)CC[C@]5(C)CC[C@]34C)[C@@]2(C)CC[C@H]1O. The fraction of sp³-hybridized carbons (Fsp3) is 0.800. The van der Waals surface area contributed by atoms with Gasteiger partial charge >= 0.3 is 0 Å². The van der Waals surface area contributed by atoms with Gasteiger partial charge in [0.2, 0.25) is 0 Å². The van der Waals surface area contributed by atoms with E-state index in [1.54, 1.807) is 11.1 Å². The summed E-state index contributed by atoms with van der Waals surface area (Å²) in [6.45, 7) is 17.3. The molecule has 0 unspecified atom stereocenters. The first-order chi connectivity index (χ1) is 14.8. The molecule has 0 saturated heterocycles. The van der Waals surface area contributed by atoms with Gasteiger partial charge in [0.25, 0.3) is 0 Å². The maximum Gasteiger partial charge on any atom is 0.0629 e. The molecule has 0 heterocycles. The van der Waals surface area contributed by atoms with Crippen molar-refractivity contribution in [2.24, 2.45) is 38.4 Å². The topological polar surface area (TPSA) is 40.5 Å². The van der Waals surface area contributed by atoms with E-state index in [0.29, 0.717) is 17.9 Å². The van der Waals surface area contributed by atoms with Gasteiger partial charge < -0.3 is 10.2 Å². The molecular weight excluding hydrogens is 392 g/mol. The molecule has 0 aromatic heterocycles. The Kier molecular flexibility index (Phi) is 4.74. The van der Waals surface area contributed by atoms with E-state index >= 15 is 0 Å². The van der Waals surface area contributed by atoms with Crippen LogP contribution >= 0.6 is 0 Å². The third kappa shape index (κ3) is 2.66. The summed E-state index contributed by atoms with van der Waals surface area (Å²) in [6.07, 6.45) is 16.4. The smallest absolute Gasteiger partial charge is 0.0629 e. The van der Waals surface area contributed by atoms with Gasteiger partial charge in [-0.1, -0.05) is 72.3 Å². The second-order valence-electron chi connectivity index (χ2n) is 14.2. The van der Waals surface area contributed by atoms with Crippen molar-refractivity contribution in [2.75, 3.05) is 6.61 Å². The highest BCUT2D eigenvalue weighted by Gasteiger charge is 2.65. The molecule has 2 heteroatoms. The van der Waals surface area contributed by atoms with Crippen LogP contribution in [0.2, 0.25) is 0 Å². The summed E-state index contributed by atoms with van der Waals surface area (Å²) >= 11 is 0. The van der Waals surface area contributed by atoms with Gasteiger partial charge in [0.05, 0.1) is 6.10 Å². The summed E-state index contributed by atoms with van der Waals surface area (Å²) < 4.78 is 0. The van der Waals surface area contributed by atoms with Crippen LogP contribution in [-0.4, -0.2) is 22.9 Å². The summed E-state index contributed by atoms with van der Waals surface area (Å²) in [6, 6.07) is 0. The summed E-state index contributed by atoms with van der Waals surface area (Å²) in [7, 11) is 0. The van der Waals surface area contributed by atoms with Gasteiger partial charge in [-0.15, -0.1) is 0 Å². The fourth-order valence-electron chi connectivity index (χ4n) is 9.23. The zero-order valence-corrected chi connectivity index (χ0v) is 21.6. The summed E-state index contributed by atoms with van der Waals surface area (Å²) in [5, 5.41) is 21.0. The fourth-order valence-corrected chi connectivity index (χ4v) is 9.23. The Morgan fingerprint density at radius 2 is 1.56 bits per heavy atom. The average Bonchev–Trinajstić information content (AvgIpc) is 2.74. The van der Waals surface area contributed by atoms with E-state index in [1.165, 1.54) is 24.8 Å². The summed E-state index contributed by atoms with van der Waals surface area (Å²) in [5.74, 6) is 0.640. The lowest BCUT2D eigenvalue weighted by atomic mass is 9.36. The Labute approximate surface area is 196 Å². The summed E-state index contributed by atoms with van der Waals surface area (Å²) in [4.78, 5) is 0. The Morgan fingerprint density at radius 3 is 2.25 bits per heavy atom. The molecule has 0 radical (unpaired) electrons. The van der Waals surface area contributed by atoms with Crippen molar-refractivity contribution in [3.05, 3.63) is 34.9 Å². The largest absolute Gasteiger partial charge is 0.396 e. The predicted molar refractivity (Wildman–Crippen MR) is 132 cm³/mol. The average molecular weight is 439 g/mol. The molecule has 5 aliphatic rings. The van der Waals surface area contributed by atoms with Gasteiger partial charge in [0.15, 0.2) is 0 Å². The molecule has 3 fully saturated rings. The van der Waals surface area contributed by atoms with Crippen LogP contribution in [0.4, 0.5) is 0 Å². The van der Waals surface area contributed by atoms with Crippen molar-refractivity contribution >= 4 is 0 Å². The first-order valence-electron chi connectivity index (χ1n) is 13.2. The number of allylic oxidation sites excluding steroid dienone is 5. The Hall–Kier alpha value is -0.860. The van der Waals surface area contributed by atoms with E-state index in [2.05, 4.69) is 66.7 Å². The highest BCUT2D eigenvalue weighted by atomic mass is 16.3. The van der Waals surface area contributed by atoms with Crippen LogP contribution in [-0.2, 0) is 0 Å². The molecule has 0 aromatic rings. The zero-order chi connectivity index (χ0) is 23.4. The van der Waals surface area contributed by atoms with E-state index < -0.39 is 0 Å². The van der Waals surface area contributed by atoms with Gasteiger partial charge in [0, 0.05) is 17.4 Å². The minimum atomic E-state index is -0.254. The highest BCUT2D eigenvalue weighted by Crippen LogP contribution is 2.73. The van der Waals surface area contributed by atoms with E-state index in [1.807, 2.05) is 0 Å². The van der Waals surface area contributed by atoms with Crippen molar-refractivity contribution in [3.8, 4) is 0 Å². The molecule has 0 bridgehead atoms. The van der Waals surface area contributed by atoms with E-state index in [9.17, 15) is 10.2 Å². The van der Waals surface area contributed by atoms with Crippen molar-refractivity contribution in [2.45, 2.75) is 106 Å². The van der Waals surface area contributed by atoms with E-state index in [-0.39, 0.29) is 33.2 Å². The second-order valence-corrected chi connectivity index (χ2v) is 14.2. The lowest BCUT2D eigenvalue weighted by molar-refractivity contribution is -0.146. The van der Waals surface area contributed by atoms with E-state index in [0.717, 1.165) is 32.1 Å². The number of aliphatic hydroxyl groups is 2. The minimum Gasteiger partial charge on any atom is -0.396 e. The molecule has 0 aliphatic heterocycles. The molecule has 7 atom stereocenters. The van der Waals surface area contributed by atoms with Crippen LogP contribution in [0.5, 0.6) is 0 Å². The number of hydrogen-bond donors (Lipinski definition) is 2. The first kappa shape index (κ1) is 22.9. The molecule has 5 rings (SSSR count). The van der Waals surface area contributed by atoms with Crippen LogP contribution in [0.25, 0.3) is 0 Å². The van der Waals surface area contributed by atoms with Crippen LogP contribution in [0.3, 0.4) is 0 Å². The van der Waals surface area contributed by atoms with Gasteiger partial charge in [-0.05, 0) is 90.1 Å². The number of rotatable bonds is 1. The van der Waals surface area contributed by atoms with Crippen molar-refractivity contribution < 1.29 is 10.2 Å². The summed E-state index contributed by atoms with van der Waals surface area (Å²) in [5.41, 5.74) is 5.31. The standard InChI is InChI=1S/C30H46O2/c1-25(2)22-9-8-21-20(28(22,5)12-11-24(25)32)10-13-30(7)23-18-26(3,19-31)14-15-27(23,4)16-17-29(21,30)6/h8-10,23-24,31-32H,11-19H2,1-7H3/t23-,24-,26-,27-,28-,29-,30+/m1/s1. The lowest BCUT2D eigenvalue weighted by Crippen LogP contribution is -2.60. The van der Waals surface area contributed by atoms with E-state index in [4.69, 9.17) is 0 Å². The van der Waals surface area contributed by atoms with Crippen LogP contribution in [0, 0.1) is 38.4 Å². The van der Waals surface area contributed by atoms with Gasteiger partial charge in [-0.25, -0.2) is 0 Å². The molecular formula is C30H46O2. The highest BCUT2D eigenvalue weighted by molar-refractivity contribution is 5.57. The molecule has 0 amide bonds. The Morgan fingerprint density at radius 1 is 0.875 bits per heavy atom. The Balaban J connectivity index is 1.63. The molecule has 3 saturated carbocycles. The van der Waals surface area contributed by atoms with Crippen molar-refractivity contribution in [1.29, 1.82) is 0 Å². The van der Waals surface area contributed by atoms with Gasteiger partial charge in [-0.2, -0.15) is 0 Å². The molecule has 178 valence electrons. The van der Waals surface area contributed by atoms with Crippen LogP contribution in [0.15, 0.2) is 34.9 Å². The molecule has 5 aliphatic carbocycles. The van der Waals surface area contributed by atoms with Gasteiger partial charge in [-0.3, -0.25) is 0 Å². The minimum absolute atomic E-state index is 0.0457. The normalized spacial score (nSPS) is 51.8. The maximum atomic E-state index is 10.8. The lowest BCUT2D eigenvalue weighted by Gasteiger charge is -2.68. The van der Waals surface area contributed by atoms with Gasteiger partial charge in [0.1, 0.15) is 0 Å². The number of fused-ring (bicyclic) bond motifs is 7. The second kappa shape index (κ2) is 6.63. The molecule has 0 aromatic carbocycles. The molecule has 32 heavy (non-hydrogen) atoms. The number of aliphatic hydroxyl groups excluding tert-OH is 2. The Bertz CT molecular complexity index is 923. The van der Waals surface area contributed by atoms with Crippen molar-refractivity contribution in [1.82, 2.24) is 0 Å². The molecule has 0 spiro atoms. The third-order valence-corrected chi connectivity index (χ3v) is 12.1. The quantitative estimate of drug-likeness (QED) is 0.463. The van der Waals surface area contributed by atoms with Crippen LogP contribution < -0.4 is 0 Å².